The van der Waals surface area contributed by atoms with Crippen LogP contribution in [0.1, 0.15) is 31.3 Å². The number of thiophene rings is 1. The van der Waals surface area contributed by atoms with Crippen LogP contribution in [-0.4, -0.2) is 22.0 Å². The molecule has 0 unspecified atom stereocenters. The Morgan fingerprint density at radius 3 is 2.60 bits per heavy atom. The van der Waals surface area contributed by atoms with E-state index in [9.17, 15) is 19.5 Å². The molecular formula is C13H12N2O4S. The highest BCUT2D eigenvalue weighted by Gasteiger charge is 2.20. The van der Waals surface area contributed by atoms with Gasteiger partial charge in [-0.1, -0.05) is 6.07 Å². The van der Waals surface area contributed by atoms with E-state index in [2.05, 4.69) is 10.3 Å². The predicted octanol–water partition coefficient (Wildman–Crippen LogP) is 2.00. The number of nitrogens with one attached hydrogen (secondary N) is 2. The minimum absolute atomic E-state index is 0.0811. The highest BCUT2D eigenvalue weighted by Crippen LogP contribution is 2.32. The van der Waals surface area contributed by atoms with Crippen LogP contribution in [0.4, 0.5) is 5.00 Å². The third kappa shape index (κ3) is 2.62. The summed E-state index contributed by atoms with van der Waals surface area (Å²) in [5, 5.41) is 12.0. The van der Waals surface area contributed by atoms with Crippen LogP contribution in [0.5, 0.6) is 0 Å². The van der Waals surface area contributed by atoms with Gasteiger partial charge in [-0.2, -0.15) is 0 Å². The van der Waals surface area contributed by atoms with E-state index < -0.39 is 17.4 Å². The van der Waals surface area contributed by atoms with Gasteiger partial charge in [-0.05, 0) is 25.5 Å². The topological polar surface area (TPSA) is 99.3 Å². The van der Waals surface area contributed by atoms with Crippen LogP contribution in [0.3, 0.4) is 0 Å². The molecular weight excluding hydrogens is 280 g/mol. The van der Waals surface area contributed by atoms with Crippen LogP contribution in [0.25, 0.3) is 0 Å². The monoisotopic (exact) mass is 292 g/mol. The first kappa shape index (κ1) is 14.0. The van der Waals surface area contributed by atoms with E-state index in [1.54, 1.807) is 13.8 Å². The number of rotatable bonds is 3. The highest BCUT2D eigenvalue weighted by atomic mass is 32.1. The maximum atomic E-state index is 12.0. The number of aromatic carboxylic acids is 1. The van der Waals surface area contributed by atoms with Crippen molar-refractivity contribution in [2.45, 2.75) is 13.8 Å². The summed E-state index contributed by atoms with van der Waals surface area (Å²) >= 11 is 1.19. The van der Waals surface area contributed by atoms with Gasteiger partial charge in [0.25, 0.3) is 5.91 Å². The largest absolute Gasteiger partial charge is 0.478 e. The van der Waals surface area contributed by atoms with Gasteiger partial charge >= 0.3 is 5.97 Å². The molecule has 2 heterocycles. The van der Waals surface area contributed by atoms with Crippen molar-refractivity contribution in [3.63, 3.8) is 0 Å². The highest BCUT2D eigenvalue weighted by molar-refractivity contribution is 7.16. The van der Waals surface area contributed by atoms with Gasteiger partial charge < -0.3 is 15.4 Å². The smallest absolute Gasteiger partial charge is 0.338 e. The summed E-state index contributed by atoms with van der Waals surface area (Å²) < 4.78 is 0. The van der Waals surface area contributed by atoms with Crippen molar-refractivity contribution in [1.29, 1.82) is 0 Å². The number of carboxylic acid groups (broad SMARTS) is 1. The first-order chi connectivity index (χ1) is 9.40. The van der Waals surface area contributed by atoms with Crippen LogP contribution in [-0.2, 0) is 0 Å². The molecule has 2 aromatic heterocycles. The number of carbonyl (C=O) groups is 2. The molecule has 0 aliphatic carbocycles. The minimum atomic E-state index is -1.09. The van der Waals surface area contributed by atoms with Gasteiger partial charge in [0.2, 0.25) is 5.56 Å². The molecule has 6 nitrogen and oxygen atoms in total. The fourth-order valence-corrected chi connectivity index (χ4v) is 2.77. The summed E-state index contributed by atoms with van der Waals surface area (Å²) in [6.07, 6.45) is 0. The summed E-state index contributed by atoms with van der Waals surface area (Å²) in [6.45, 7) is 3.47. The van der Waals surface area contributed by atoms with Gasteiger partial charge in [-0.25, -0.2) is 4.79 Å². The molecule has 0 saturated heterocycles. The molecule has 0 radical (unpaired) electrons. The number of anilines is 1. The molecule has 2 aromatic rings. The molecule has 0 aromatic carbocycles. The molecule has 104 valence electrons. The number of H-pyrrole nitrogens is 1. The van der Waals surface area contributed by atoms with Gasteiger partial charge in [0, 0.05) is 10.9 Å². The Hall–Kier alpha value is -2.41. The molecule has 0 spiro atoms. The molecule has 0 aliphatic heterocycles. The normalized spacial score (nSPS) is 10.3. The number of aryl methyl sites for hydroxylation is 1. The van der Waals surface area contributed by atoms with Gasteiger partial charge in [0.15, 0.2) is 0 Å². The second kappa shape index (κ2) is 5.30. The van der Waals surface area contributed by atoms with E-state index in [0.29, 0.717) is 5.56 Å². The first-order valence-corrected chi connectivity index (χ1v) is 6.55. The number of carboxylic acids is 1. The zero-order valence-corrected chi connectivity index (χ0v) is 11.6. The van der Waals surface area contributed by atoms with Crippen molar-refractivity contribution in [2.75, 3.05) is 5.32 Å². The molecule has 20 heavy (non-hydrogen) atoms. The maximum absolute atomic E-state index is 12.0. The summed E-state index contributed by atoms with van der Waals surface area (Å²) in [5.74, 6) is -1.64. The lowest BCUT2D eigenvalue weighted by Gasteiger charge is -2.04. The fourth-order valence-electron chi connectivity index (χ4n) is 1.72. The van der Waals surface area contributed by atoms with Crippen LogP contribution in [0.15, 0.2) is 23.0 Å². The molecule has 1 amide bonds. The Kier molecular flexibility index (Phi) is 3.71. The quantitative estimate of drug-likeness (QED) is 0.805. The van der Waals surface area contributed by atoms with E-state index >= 15 is 0 Å². The number of aromatic nitrogens is 1. The van der Waals surface area contributed by atoms with E-state index in [4.69, 9.17) is 0 Å². The first-order valence-electron chi connectivity index (χ1n) is 5.74. The molecule has 0 aliphatic rings. The Labute approximate surface area is 118 Å². The Bertz CT molecular complexity index is 745. The van der Waals surface area contributed by atoms with Crippen molar-refractivity contribution < 1.29 is 14.7 Å². The second-order valence-electron chi connectivity index (χ2n) is 4.18. The summed E-state index contributed by atoms with van der Waals surface area (Å²) in [6, 6.07) is 4.19. The van der Waals surface area contributed by atoms with Crippen molar-refractivity contribution in [2.24, 2.45) is 0 Å². The average molecular weight is 292 g/mol. The lowest BCUT2D eigenvalue weighted by molar-refractivity contribution is 0.0697. The van der Waals surface area contributed by atoms with Gasteiger partial charge in [-0.15, -0.1) is 11.3 Å². The molecule has 0 bridgehead atoms. The lowest BCUT2D eigenvalue weighted by atomic mass is 10.1. The van der Waals surface area contributed by atoms with Crippen LogP contribution in [0.2, 0.25) is 0 Å². The molecule has 3 N–H and O–H groups in total. The van der Waals surface area contributed by atoms with Crippen molar-refractivity contribution in [3.8, 4) is 0 Å². The third-order valence-electron chi connectivity index (χ3n) is 2.84. The molecule has 7 heteroatoms. The number of aromatic amines is 1. The predicted molar refractivity (Wildman–Crippen MR) is 75.8 cm³/mol. The zero-order chi connectivity index (χ0) is 14.9. The number of carbonyl (C=O) groups excluding carboxylic acids is 1. The van der Waals surface area contributed by atoms with E-state index in [-0.39, 0.29) is 16.3 Å². The van der Waals surface area contributed by atoms with Gasteiger partial charge in [0.05, 0.1) is 5.56 Å². The fraction of sp³-hybridized carbons (Fsp3) is 0.154. The van der Waals surface area contributed by atoms with Crippen LogP contribution >= 0.6 is 11.3 Å². The van der Waals surface area contributed by atoms with Crippen LogP contribution < -0.4 is 10.9 Å². The van der Waals surface area contributed by atoms with Crippen molar-refractivity contribution in [3.05, 3.63) is 50.3 Å². The third-order valence-corrected chi connectivity index (χ3v) is 3.96. The Balaban J connectivity index is 2.35. The number of hydrogen-bond acceptors (Lipinski definition) is 4. The summed E-state index contributed by atoms with van der Waals surface area (Å²) in [7, 11) is 0. The molecule has 2 rings (SSSR count). The summed E-state index contributed by atoms with van der Waals surface area (Å²) in [4.78, 5) is 37.6. The number of amides is 1. The average Bonchev–Trinajstić information content (AvgIpc) is 2.64. The second-order valence-corrected chi connectivity index (χ2v) is 5.40. The van der Waals surface area contributed by atoms with Crippen molar-refractivity contribution >= 4 is 28.2 Å². The number of hydrogen-bond donors (Lipinski definition) is 3. The lowest BCUT2D eigenvalue weighted by Crippen LogP contribution is -2.18. The van der Waals surface area contributed by atoms with E-state index in [1.165, 1.54) is 29.5 Å². The molecule has 0 fully saturated rings. The van der Waals surface area contributed by atoms with Crippen molar-refractivity contribution in [1.82, 2.24) is 4.98 Å². The van der Waals surface area contributed by atoms with E-state index in [1.807, 2.05) is 0 Å². The Morgan fingerprint density at radius 2 is 2.00 bits per heavy atom. The zero-order valence-electron chi connectivity index (χ0n) is 10.8. The SMILES string of the molecule is Cc1sc(NC(=O)c2cccc(=O)[nH]2)c(C(=O)O)c1C. The number of pyridine rings is 1. The minimum Gasteiger partial charge on any atom is -0.478 e. The van der Waals surface area contributed by atoms with Gasteiger partial charge in [-0.3, -0.25) is 9.59 Å². The standard InChI is InChI=1S/C13H12N2O4S/c1-6-7(2)20-12(10(6)13(18)19)15-11(17)8-4-3-5-9(16)14-8/h3-5H,1-2H3,(H,14,16)(H,15,17)(H,18,19). The molecule has 0 atom stereocenters. The molecule has 0 saturated carbocycles. The summed E-state index contributed by atoms with van der Waals surface area (Å²) in [5.41, 5.74) is 0.394. The maximum Gasteiger partial charge on any atom is 0.338 e. The Morgan fingerprint density at radius 1 is 1.30 bits per heavy atom. The van der Waals surface area contributed by atoms with E-state index in [0.717, 1.165) is 4.88 Å². The van der Waals surface area contributed by atoms with Crippen LogP contribution in [0, 0.1) is 13.8 Å². The van der Waals surface area contributed by atoms with Gasteiger partial charge in [0.1, 0.15) is 10.7 Å².